The largest absolute Gasteiger partial charge is 0.370 e. The highest BCUT2D eigenvalue weighted by Gasteiger charge is 1.93. The van der Waals surface area contributed by atoms with Crippen LogP contribution in [0.1, 0.15) is 38.5 Å². The molecule has 0 aromatic rings. The van der Waals surface area contributed by atoms with E-state index in [0.717, 1.165) is 25.7 Å². The molecular weight excluding hydrogens is 145 g/mol. The third kappa shape index (κ3) is 9.40. The van der Waals surface area contributed by atoms with E-state index in [4.69, 9.17) is 5.73 Å². The SMILES string of the molecule is NC(=O)CCCCCCCF. The van der Waals surface area contributed by atoms with Crippen molar-refractivity contribution in [2.75, 3.05) is 6.67 Å². The first kappa shape index (κ1) is 10.4. The monoisotopic (exact) mass is 161 g/mol. The van der Waals surface area contributed by atoms with E-state index in [1.54, 1.807) is 0 Å². The van der Waals surface area contributed by atoms with Crippen molar-refractivity contribution >= 4 is 5.91 Å². The normalized spacial score (nSPS) is 9.91. The summed E-state index contributed by atoms with van der Waals surface area (Å²) in [6, 6.07) is 0. The van der Waals surface area contributed by atoms with Crippen LogP contribution in [0.15, 0.2) is 0 Å². The molecule has 2 N–H and O–H groups in total. The van der Waals surface area contributed by atoms with Crippen molar-refractivity contribution in [1.82, 2.24) is 0 Å². The fourth-order valence-corrected chi connectivity index (χ4v) is 0.924. The number of alkyl halides is 1. The van der Waals surface area contributed by atoms with Gasteiger partial charge in [0.2, 0.25) is 5.91 Å². The van der Waals surface area contributed by atoms with Crippen LogP contribution in [-0.2, 0) is 4.79 Å². The molecule has 0 aliphatic rings. The smallest absolute Gasteiger partial charge is 0.217 e. The van der Waals surface area contributed by atoms with Crippen molar-refractivity contribution in [1.29, 1.82) is 0 Å². The molecule has 0 aliphatic carbocycles. The highest BCUT2D eigenvalue weighted by atomic mass is 19.1. The predicted octanol–water partition coefficient (Wildman–Crippen LogP) is 1.78. The molecule has 66 valence electrons. The number of primary amides is 1. The summed E-state index contributed by atoms with van der Waals surface area (Å²) in [5, 5.41) is 0. The molecule has 0 bridgehead atoms. The minimum atomic E-state index is -0.240. The van der Waals surface area contributed by atoms with E-state index >= 15 is 0 Å². The van der Waals surface area contributed by atoms with Gasteiger partial charge in [-0.3, -0.25) is 9.18 Å². The predicted molar refractivity (Wildman–Crippen MR) is 42.9 cm³/mol. The minimum absolute atomic E-state index is 0.226. The highest BCUT2D eigenvalue weighted by molar-refractivity contribution is 5.73. The zero-order chi connectivity index (χ0) is 8.53. The molecule has 0 atom stereocenters. The first-order chi connectivity index (χ1) is 5.27. The molecule has 3 heteroatoms. The van der Waals surface area contributed by atoms with Crippen LogP contribution < -0.4 is 5.73 Å². The van der Waals surface area contributed by atoms with Gasteiger partial charge in [0.1, 0.15) is 0 Å². The maximum absolute atomic E-state index is 11.6. The lowest BCUT2D eigenvalue weighted by Gasteiger charge is -1.96. The molecule has 0 radical (unpaired) electrons. The van der Waals surface area contributed by atoms with Gasteiger partial charge in [0.05, 0.1) is 6.67 Å². The van der Waals surface area contributed by atoms with E-state index in [0.29, 0.717) is 12.8 Å². The van der Waals surface area contributed by atoms with Crippen LogP contribution in [0.5, 0.6) is 0 Å². The van der Waals surface area contributed by atoms with Crippen LogP contribution in [0.25, 0.3) is 0 Å². The number of rotatable bonds is 7. The highest BCUT2D eigenvalue weighted by Crippen LogP contribution is 2.04. The van der Waals surface area contributed by atoms with Gasteiger partial charge in [0.15, 0.2) is 0 Å². The van der Waals surface area contributed by atoms with E-state index in [9.17, 15) is 9.18 Å². The lowest BCUT2D eigenvalue weighted by molar-refractivity contribution is -0.118. The Balaban J connectivity index is 2.85. The van der Waals surface area contributed by atoms with E-state index in [1.807, 2.05) is 0 Å². The molecular formula is C8H16FNO. The van der Waals surface area contributed by atoms with Crippen LogP contribution >= 0.6 is 0 Å². The van der Waals surface area contributed by atoms with E-state index in [-0.39, 0.29) is 12.6 Å². The van der Waals surface area contributed by atoms with Crippen molar-refractivity contribution in [2.45, 2.75) is 38.5 Å². The van der Waals surface area contributed by atoms with Crippen LogP contribution in [-0.4, -0.2) is 12.6 Å². The second kappa shape index (κ2) is 7.51. The molecule has 0 spiro atoms. The van der Waals surface area contributed by atoms with Gasteiger partial charge in [-0.25, -0.2) is 0 Å². The number of carbonyl (C=O) groups is 1. The van der Waals surface area contributed by atoms with E-state index in [1.165, 1.54) is 0 Å². The van der Waals surface area contributed by atoms with Gasteiger partial charge < -0.3 is 5.73 Å². The molecule has 0 saturated heterocycles. The number of unbranched alkanes of at least 4 members (excludes halogenated alkanes) is 4. The molecule has 0 aromatic carbocycles. The number of hydrogen-bond acceptors (Lipinski definition) is 1. The summed E-state index contributed by atoms with van der Waals surface area (Å²) in [4.78, 5) is 10.3. The topological polar surface area (TPSA) is 43.1 Å². The second-order valence-corrected chi connectivity index (χ2v) is 2.67. The number of amides is 1. The van der Waals surface area contributed by atoms with Gasteiger partial charge in [-0.2, -0.15) is 0 Å². The third-order valence-electron chi connectivity index (χ3n) is 1.56. The number of halogens is 1. The molecule has 0 aliphatic heterocycles. The molecule has 0 rings (SSSR count). The van der Waals surface area contributed by atoms with Gasteiger partial charge in [-0.05, 0) is 12.8 Å². The van der Waals surface area contributed by atoms with Crippen LogP contribution in [0.2, 0.25) is 0 Å². The molecule has 0 unspecified atom stereocenters. The van der Waals surface area contributed by atoms with E-state index in [2.05, 4.69) is 0 Å². The number of hydrogen-bond donors (Lipinski definition) is 1. The first-order valence-corrected chi connectivity index (χ1v) is 4.11. The molecule has 0 aromatic heterocycles. The van der Waals surface area contributed by atoms with Gasteiger partial charge in [0.25, 0.3) is 0 Å². The summed E-state index contributed by atoms with van der Waals surface area (Å²) >= 11 is 0. The van der Waals surface area contributed by atoms with Crippen LogP contribution in [0.4, 0.5) is 4.39 Å². The van der Waals surface area contributed by atoms with Crippen LogP contribution in [0, 0.1) is 0 Å². The Morgan fingerprint density at radius 1 is 1.09 bits per heavy atom. The van der Waals surface area contributed by atoms with Crippen molar-refractivity contribution in [3.05, 3.63) is 0 Å². The van der Waals surface area contributed by atoms with Crippen molar-refractivity contribution in [3.8, 4) is 0 Å². The first-order valence-electron chi connectivity index (χ1n) is 4.11. The maximum atomic E-state index is 11.6. The average molecular weight is 161 g/mol. The Bertz CT molecular complexity index is 106. The third-order valence-corrected chi connectivity index (χ3v) is 1.56. The molecule has 1 amide bonds. The summed E-state index contributed by atoms with van der Waals surface area (Å²) in [7, 11) is 0. The summed E-state index contributed by atoms with van der Waals surface area (Å²) in [6.07, 6.45) is 4.89. The average Bonchev–Trinajstić information content (AvgIpc) is 1.96. The lowest BCUT2D eigenvalue weighted by Crippen LogP contribution is -2.09. The Morgan fingerprint density at radius 2 is 1.64 bits per heavy atom. The molecule has 2 nitrogen and oxygen atoms in total. The van der Waals surface area contributed by atoms with Crippen molar-refractivity contribution in [2.24, 2.45) is 5.73 Å². The van der Waals surface area contributed by atoms with Crippen LogP contribution in [0.3, 0.4) is 0 Å². The standard InChI is InChI=1S/C8H16FNO/c9-7-5-3-1-2-4-6-8(10)11/h1-7H2,(H2,10,11). The molecule has 0 heterocycles. The van der Waals surface area contributed by atoms with Gasteiger partial charge >= 0.3 is 0 Å². The lowest BCUT2D eigenvalue weighted by atomic mass is 10.1. The molecule has 0 saturated carbocycles. The second-order valence-electron chi connectivity index (χ2n) is 2.67. The Hall–Kier alpha value is -0.600. The summed E-state index contributed by atoms with van der Waals surface area (Å²) in [5.74, 6) is -0.240. The number of carbonyl (C=O) groups excluding carboxylic acids is 1. The van der Waals surface area contributed by atoms with Crippen molar-refractivity contribution in [3.63, 3.8) is 0 Å². The summed E-state index contributed by atoms with van der Waals surface area (Å²) in [6.45, 7) is -0.226. The Labute approximate surface area is 67.0 Å². The number of nitrogens with two attached hydrogens (primary N) is 1. The molecule has 11 heavy (non-hydrogen) atoms. The zero-order valence-corrected chi connectivity index (χ0v) is 6.81. The van der Waals surface area contributed by atoms with Crippen molar-refractivity contribution < 1.29 is 9.18 Å². The van der Waals surface area contributed by atoms with Gasteiger partial charge in [-0.15, -0.1) is 0 Å². The Kier molecular flexibility index (Phi) is 7.10. The maximum Gasteiger partial charge on any atom is 0.217 e. The van der Waals surface area contributed by atoms with E-state index < -0.39 is 0 Å². The Morgan fingerprint density at radius 3 is 2.18 bits per heavy atom. The fraction of sp³-hybridized carbons (Fsp3) is 0.875. The summed E-state index contributed by atoms with van der Waals surface area (Å²) in [5.41, 5.74) is 4.93. The zero-order valence-electron chi connectivity index (χ0n) is 6.81. The summed E-state index contributed by atoms with van der Waals surface area (Å²) < 4.78 is 11.6. The quantitative estimate of drug-likeness (QED) is 0.568. The van der Waals surface area contributed by atoms with Gasteiger partial charge in [0, 0.05) is 6.42 Å². The molecule has 0 fully saturated rings. The van der Waals surface area contributed by atoms with Gasteiger partial charge in [-0.1, -0.05) is 19.3 Å². The minimum Gasteiger partial charge on any atom is -0.370 e. The fourth-order valence-electron chi connectivity index (χ4n) is 0.924.